The largest absolute Gasteiger partial charge is 0.497 e. The summed E-state index contributed by atoms with van der Waals surface area (Å²) in [6.45, 7) is 2.84. The van der Waals surface area contributed by atoms with Gasteiger partial charge in [0.05, 0.1) is 7.11 Å². The molecule has 3 nitrogen and oxygen atoms in total. The molecule has 0 unspecified atom stereocenters. The Hall–Kier alpha value is -1.51. The number of rotatable bonds is 4. The van der Waals surface area contributed by atoms with Gasteiger partial charge in [0.2, 0.25) is 0 Å². The minimum absolute atomic E-state index is 0.575. The van der Waals surface area contributed by atoms with Crippen molar-refractivity contribution in [3.63, 3.8) is 0 Å². The lowest BCUT2D eigenvalue weighted by Crippen LogP contribution is -2.13. The van der Waals surface area contributed by atoms with Crippen LogP contribution in [-0.4, -0.2) is 19.5 Å². The number of ether oxygens (including phenoxy) is 1. The van der Waals surface area contributed by atoms with Gasteiger partial charge in [-0.25, -0.2) is 0 Å². The first-order chi connectivity index (χ1) is 6.77. The van der Waals surface area contributed by atoms with E-state index in [-0.39, 0.29) is 0 Å². The van der Waals surface area contributed by atoms with Crippen molar-refractivity contribution in [2.24, 2.45) is 10.7 Å². The molecule has 0 spiro atoms. The molecule has 14 heavy (non-hydrogen) atoms. The molecular weight excluding hydrogens is 176 g/mol. The van der Waals surface area contributed by atoms with Gasteiger partial charge in [-0.2, -0.15) is 0 Å². The topological polar surface area (TPSA) is 47.6 Å². The zero-order chi connectivity index (χ0) is 10.4. The molecule has 0 fully saturated rings. The summed E-state index contributed by atoms with van der Waals surface area (Å²) >= 11 is 0. The molecule has 0 amide bonds. The van der Waals surface area contributed by atoms with E-state index >= 15 is 0 Å². The van der Waals surface area contributed by atoms with Gasteiger partial charge >= 0.3 is 0 Å². The summed E-state index contributed by atoms with van der Waals surface area (Å²) in [7, 11) is 1.64. The second-order valence-electron chi connectivity index (χ2n) is 3.00. The highest BCUT2D eigenvalue weighted by Crippen LogP contribution is 2.12. The van der Waals surface area contributed by atoms with E-state index in [0.717, 1.165) is 24.3 Å². The van der Waals surface area contributed by atoms with Crippen LogP contribution in [-0.2, 0) is 0 Å². The van der Waals surface area contributed by atoms with Gasteiger partial charge in [-0.1, -0.05) is 19.1 Å². The van der Waals surface area contributed by atoms with Crippen LogP contribution in [0.25, 0.3) is 0 Å². The SMILES string of the molecule is CCCN=C(N)c1cccc(OC)c1. The van der Waals surface area contributed by atoms with Crippen LogP contribution in [0.4, 0.5) is 0 Å². The monoisotopic (exact) mass is 192 g/mol. The van der Waals surface area contributed by atoms with Crippen LogP contribution in [0.2, 0.25) is 0 Å². The number of hydrogen-bond acceptors (Lipinski definition) is 2. The Morgan fingerprint density at radius 3 is 2.93 bits per heavy atom. The summed E-state index contributed by atoms with van der Waals surface area (Å²) in [6, 6.07) is 7.60. The van der Waals surface area contributed by atoms with Crippen LogP contribution in [0.15, 0.2) is 29.3 Å². The zero-order valence-corrected chi connectivity index (χ0v) is 8.66. The molecule has 0 bridgehead atoms. The van der Waals surface area contributed by atoms with E-state index in [1.54, 1.807) is 7.11 Å². The number of nitrogens with two attached hydrogens (primary N) is 1. The maximum Gasteiger partial charge on any atom is 0.125 e. The number of amidine groups is 1. The summed E-state index contributed by atoms with van der Waals surface area (Å²) in [5, 5.41) is 0. The molecule has 0 aliphatic carbocycles. The Morgan fingerprint density at radius 2 is 2.29 bits per heavy atom. The number of benzene rings is 1. The lowest BCUT2D eigenvalue weighted by molar-refractivity contribution is 0.414. The van der Waals surface area contributed by atoms with E-state index in [0.29, 0.717) is 5.84 Å². The summed E-state index contributed by atoms with van der Waals surface area (Å²) < 4.78 is 5.10. The Balaban J connectivity index is 2.84. The first-order valence-electron chi connectivity index (χ1n) is 4.72. The molecular formula is C11H16N2O. The van der Waals surface area contributed by atoms with Crippen LogP contribution >= 0.6 is 0 Å². The average Bonchev–Trinajstić information content (AvgIpc) is 2.26. The van der Waals surface area contributed by atoms with Gasteiger partial charge in [0.1, 0.15) is 11.6 Å². The summed E-state index contributed by atoms with van der Waals surface area (Å²) in [4.78, 5) is 4.23. The fourth-order valence-corrected chi connectivity index (χ4v) is 1.11. The minimum atomic E-state index is 0.575. The van der Waals surface area contributed by atoms with Gasteiger partial charge < -0.3 is 10.5 Å². The fraction of sp³-hybridized carbons (Fsp3) is 0.364. The Labute approximate surface area is 84.6 Å². The second-order valence-corrected chi connectivity index (χ2v) is 3.00. The van der Waals surface area contributed by atoms with E-state index in [4.69, 9.17) is 10.5 Å². The van der Waals surface area contributed by atoms with Gasteiger partial charge in [0, 0.05) is 12.1 Å². The molecule has 0 aromatic heterocycles. The highest BCUT2D eigenvalue weighted by atomic mass is 16.5. The van der Waals surface area contributed by atoms with Crippen molar-refractivity contribution < 1.29 is 4.74 Å². The average molecular weight is 192 g/mol. The van der Waals surface area contributed by atoms with Gasteiger partial charge in [0.15, 0.2) is 0 Å². The number of aliphatic imine (C=N–C) groups is 1. The molecule has 76 valence electrons. The highest BCUT2D eigenvalue weighted by Gasteiger charge is 1.98. The summed E-state index contributed by atoms with van der Waals surface area (Å²) in [6.07, 6.45) is 1.00. The minimum Gasteiger partial charge on any atom is -0.497 e. The van der Waals surface area contributed by atoms with Crippen molar-refractivity contribution in [3.05, 3.63) is 29.8 Å². The highest BCUT2D eigenvalue weighted by molar-refractivity contribution is 5.97. The molecule has 0 atom stereocenters. The van der Waals surface area contributed by atoms with Gasteiger partial charge in [-0.3, -0.25) is 4.99 Å². The molecule has 1 aromatic rings. The van der Waals surface area contributed by atoms with Crippen LogP contribution in [0.3, 0.4) is 0 Å². The summed E-state index contributed by atoms with van der Waals surface area (Å²) in [5.41, 5.74) is 6.71. The van der Waals surface area contributed by atoms with E-state index in [1.807, 2.05) is 24.3 Å². The molecule has 2 N–H and O–H groups in total. The van der Waals surface area contributed by atoms with E-state index in [9.17, 15) is 0 Å². The standard InChI is InChI=1S/C11H16N2O/c1-3-7-13-11(12)9-5-4-6-10(8-9)14-2/h4-6,8H,3,7H2,1-2H3,(H2,12,13). The zero-order valence-electron chi connectivity index (χ0n) is 8.66. The van der Waals surface area contributed by atoms with Crippen molar-refractivity contribution in [1.82, 2.24) is 0 Å². The van der Waals surface area contributed by atoms with Gasteiger partial charge in [0.25, 0.3) is 0 Å². The molecule has 1 rings (SSSR count). The Morgan fingerprint density at radius 1 is 1.50 bits per heavy atom. The first-order valence-corrected chi connectivity index (χ1v) is 4.72. The van der Waals surface area contributed by atoms with Gasteiger partial charge in [-0.05, 0) is 18.6 Å². The molecule has 0 aliphatic heterocycles. The number of methoxy groups -OCH3 is 1. The molecule has 0 saturated heterocycles. The molecule has 3 heteroatoms. The smallest absolute Gasteiger partial charge is 0.125 e. The summed E-state index contributed by atoms with van der Waals surface area (Å²) in [5.74, 6) is 1.38. The van der Waals surface area contributed by atoms with E-state index < -0.39 is 0 Å². The van der Waals surface area contributed by atoms with E-state index in [1.165, 1.54) is 0 Å². The lowest BCUT2D eigenvalue weighted by atomic mass is 10.2. The van der Waals surface area contributed by atoms with Gasteiger partial charge in [-0.15, -0.1) is 0 Å². The van der Waals surface area contributed by atoms with Crippen molar-refractivity contribution in [3.8, 4) is 5.75 Å². The molecule has 0 heterocycles. The lowest BCUT2D eigenvalue weighted by Gasteiger charge is -2.03. The molecule has 0 radical (unpaired) electrons. The molecule has 1 aromatic carbocycles. The molecule has 0 saturated carbocycles. The maximum atomic E-state index is 5.80. The predicted molar refractivity (Wildman–Crippen MR) is 58.9 cm³/mol. The Bertz CT molecular complexity index is 321. The third-order valence-corrected chi connectivity index (χ3v) is 1.87. The number of nitrogens with zero attached hydrogens (tertiary/aromatic N) is 1. The fourth-order valence-electron chi connectivity index (χ4n) is 1.11. The van der Waals surface area contributed by atoms with Crippen molar-refractivity contribution in [2.45, 2.75) is 13.3 Å². The Kier molecular flexibility index (Phi) is 3.98. The third-order valence-electron chi connectivity index (χ3n) is 1.87. The van der Waals surface area contributed by atoms with Crippen LogP contribution in [0, 0.1) is 0 Å². The number of hydrogen-bond donors (Lipinski definition) is 1. The van der Waals surface area contributed by atoms with E-state index in [2.05, 4.69) is 11.9 Å². The quantitative estimate of drug-likeness (QED) is 0.584. The molecule has 0 aliphatic rings. The third kappa shape index (κ3) is 2.76. The van der Waals surface area contributed by atoms with Crippen molar-refractivity contribution in [2.75, 3.05) is 13.7 Å². The van der Waals surface area contributed by atoms with Crippen molar-refractivity contribution in [1.29, 1.82) is 0 Å². The maximum absolute atomic E-state index is 5.80. The van der Waals surface area contributed by atoms with Crippen LogP contribution in [0.1, 0.15) is 18.9 Å². The predicted octanol–water partition coefficient (Wildman–Crippen LogP) is 1.81. The van der Waals surface area contributed by atoms with Crippen LogP contribution < -0.4 is 10.5 Å². The second kappa shape index (κ2) is 5.27. The van der Waals surface area contributed by atoms with Crippen molar-refractivity contribution >= 4 is 5.84 Å². The first kappa shape index (κ1) is 10.6. The normalized spacial score (nSPS) is 11.4. The van der Waals surface area contributed by atoms with Crippen LogP contribution in [0.5, 0.6) is 5.75 Å².